The van der Waals surface area contributed by atoms with Crippen LogP contribution in [0.25, 0.3) is 10.9 Å². The minimum Gasteiger partial charge on any atom is -0.497 e. The molecule has 0 aliphatic rings. The van der Waals surface area contributed by atoms with Crippen molar-refractivity contribution in [1.29, 1.82) is 0 Å². The van der Waals surface area contributed by atoms with Crippen LogP contribution in [-0.2, 0) is 0 Å². The number of aromatic nitrogens is 1. The second kappa shape index (κ2) is 5.96. The molecule has 5 heteroatoms. The van der Waals surface area contributed by atoms with E-state index in [0.29, 0.717) is 22.5 Å². The molecule has 0 saturated carbocycles. The third kappa shape index (κ3) is 3.08. The van der Waals surface area contributed by atoms with Gasteiger partial charge in [-0.3, -0.25) is 9.59 Å². The number of anilines is 1. The van der Waals surface area contributed by atoms with Crippen molar-refractivity contribution in [3.05, 3.63) is 70.0 Å². The summed E-state index contributed by atoms with van der Waals surface area (Å²) in [7, 11) is 1.58. The number of methoxy groups -OCH3 is 1. The number of carbonyl (C=O) groups is 1. The van der Waals surface area contributed by atoms with Crippen LogP contribution in [0.5, 0.6) is 5.75 Å². The zero-order valence-electron chi connectivity index (χ0n) is 12.8. The summed E-state index contributed by atoms with van der Waals surface area (Å²) in [5.74, 6) is 0.474. The van der Waals surface area contributed by atoms with Gasteiger partial charge in [0.05, 0.1) is 12.6 Å². The van der Waals surface area contributed by atoms with Crippen LogP contribution >= 0.6 is 0 Å². The van der Waals surface area contributed by atoms with E-state index in [1.807, 2.05) is 19.1 Å². The highest BCUT2D eigenvalue weighted by Gasteiger charge is 2.07. The number of amides is 1. The highest BCUT2D eigenvalue weighted by Crippen LogP contribution is 2.20. The molecule has 2 N–H and O–H groups in total. The Labute approximate surface area is 132 Å². The van der Waals surface area contributed by atoms with E-state index in [1.165, 1.54) is 0 Å². The van der Waals surface area contributed by atoms with Crippen molar-refractivity contribution in [3.63, 3.8) is 0 Å². The van der Waals surface area contributed by atoms with E-state index in [0.717, 1.165) is 10.9 Å². The summed E-state index contributed by atoms with van der Waals surface area (Å²) in [4.78, 5) is 26.6. The number of hydrogen-bond donors (Lipinski definition) is 2. The topological polar surface area (TPSA) is 71.2 Å². The lowest BCUT2D eigenvalue weighted by atomic mass is 10.1. The summed E-state index contributed by atoms with van der Waals surface area (Å²) in [6, 6.07) is 13.9. The average molecular weight is 308 g/mol. The number of aryl methyl sites for hydroxylation is 1. The minimum absolute atomic E-state index is 0.159. The lowest BCUT2D eigenvalue weighted by Gasteiger charge is -2.08. The van der Waals surface area contributed by atoms with Gasteiger partial charge in [-0.1, -0.05) is 6.07 Å². The molecule has 0 atom stereocenters. The van der Waals surface area contributed by atoms with Gasteiger partial charge >= 0.3 is 0 Å². The molecule has 0 aliphatic carbocycles. The van der Waals surface area contributed by atoms with Crippen LogP contribution in [0.1, 0.15) is 15.9 Å². The smallest absolute Gasteiger partial charge is 0.255 e. The fourth-order valence-electron chi connectivity index (χ4n) is 2.46. The van der Waals surface area contributed by atoms with Crippen molar-refractivity contribution in [2.45, 2.75) is 6.92 Å². The predicted octanol–water partition coefficient (Wildman–Crippen LogP) is 3.10. The van der Waals surface area contributed by atoms with E-state index in [4.69, 9.17) is 4.74 Å². The van der Waals surface area contributed by atoms with Gasteiger partial charge in [0, 0.05) is 22.7 Å². The molecule has 0 bridgehead atoms. The zero-order chi connectivity index (χ0) is 16.4. The Morgan fingerprint density at radius 1 is 1.09 bits per heavy atom. The molecule has 1 heterocycles. The van der Waals surface area contributed by atoms with E-state index < -0.39 is 0 Å². The first-order valence-electron chi connectivity index (χ1n) is 7.16. The number of carbonyl (C=O) groups excluding carboxylic acids is 1. The monoisotopic (exact) mass is 308 g/mol. The standard InChI is InChI=1S/C18H16N2O3/c1-11-9-17(21)20-16-10-13(5-8-15(11)16)19-18(22)12-3-6-14(23-2)7-4-12/h3-10H,1-2H3,(H,19,22)(H,20,21). The molecule has 2 aromatic carbocycles. The number of fused-ring (bicyclic) bond motifs is 1. The van der Waals surface area contributed by atoms with Crippen molar-refractivity contribution in [2.24, 2.45) is 0 Å². The van der Waals surface area contributed by atoms with Crippen molar-refractivity contribution < 1.29 is 9.53 Å². The normalized spacial score (nSPS) is 10.5. The van der Waals surface area contributed by atoms with E-state index in [9.17, 15) is 9.59 Å². The molecule has 0 radical (unpaired) electrons. The predicted molar refractivity (Wildman–Crippen MR) is 90.3 cm³/mol. The second-order valence-corrected chi connectivity index (χ2v) is 5.26. The molecule has 5 nitrogen and oxygen atoms in total. The Morgan fingerprint density at radius 3 is 2.52 bits per heavy atom. The van der Waals surface area contributed by atoms with E-state index in [-0.39, 0.29) is 11.5 Å². The van der Waals surface area contributed by atoms with Crippen LogP contribution in [0.4, 0.5) is 5.69 Å². The molecule has 1 amide bonds. The quantitative estimate of drug-likeness (QED) is 0.781. The largest absolute Gasteiger partial charge is 0.497 e. The van der Waals surface area contributed by atoms with Gasteiger partial charge in [0.2, 0.25) is 5.56 Å². The Morgan fingerprint density at radius 2 is 1.83 bits per heavy atom. The number of aromatic amines is 1. The van der Waals surface area contributed by atoms with Gasteiger partial charge in [-0.15, -0.1) is 0 Å². The average Bonchev–Trinajstić information content (AvgIpc) is 2.54. The summed E-state index contributed by atoms with van der Waals surface area (Å²) in [5, 5.41) is 3.78. The van der Waals surface area contributed by atoms with Gasteiger partial charge in [0.15, 0.2) is 0 Å². The summed E-state index contributed by atoms with van der Waals surface area (Å²) >= 11 is 0. The second-order valence-electron chi connectivity index (χ2n) is 5.26. The van der Waals surface area contributed by atoms with Gasteiger partial charge in [-0.05, 0) is 48.9 Å². The number of nitrogens with one attached hydrogen (secondary N) is 2. The maximum atomic E-state index is 12.3. The van der Waals surface area contributed by atoms with Gasteiger partial charge in [-0.2, -0.15) is 0 Å². The number of H-pyrrole nitrogens is 1. The SMILES string of the molecule is COc1ccc(C(=O)Nc2ccc3c(C)cc(=O)[nH]c3c2)cc1. The lowest BCUT2D eigenvalue weighted by molar-refractivity contribution is 0.102. The molecule has 3 rings (SSSR count). The molecule has 0 spiro atoms. The molecule has 0 saturated heterocycles. The fraction of sp³-hybridized carbons (Fsp3) is 0.111. The van der Waals surface area contributed by atoms with E-state index in [1.54, 1.807) is 43.5 Å². The number of rotatable bonds is 3. The number of hydrogen-bond acceptors (Lipinski definition) is 3. The van der Waals surface area contributed by atoms with Crippen molar-refractivity contribution >= 4 is 22.5 Å². The Kier molecular flexibility index (Phi) is 3.85. The first-order valence-corrected chi connectivity index (χ1v) is 7.16. The summed E-state index contributed by atoms with van der Waals surface area (Å²) in [6.45, 7) is 1.88. The molecule has 1 aromatic heterocycles. The number of benzene rings is 2. The lowest BCUT2D eigenvalue weighted by Crippen LogP contribution is -2.12. The Bertz CT molecular complexity index is 927. The van der Waals surface area contributed by atoms with Gasteiger partial charge in [0.1, 0.15) is 5.75 Å². The molecule has 0 fully saturated rings. The van der Waals surface area contributed by atoms with Crippen LogP contribution in [0, 0.1) is 6.92 Å². The van der Waals surface area contributed by atoms with Crippen molar-refractivity contribution in [2.75, 3.05) is 12.4 Å². The molecule has 116 valence electrons. The molecular formula is C18H16N2O3. The van der Waals surface area contributed by atoms with Crippen LogP contribution in [0.2, 0.25) is 0 Å². The van der Waals surface area contributed by atoms with Crippen LogP contribution in [0.3, 0.4) is 0 Å². The summed E-state index contributed by atoms with van der Waals surface area (Å²) < 4.78 is 5.07. The van der Waals surface area contributed by atoms with Gasteiger partial charge < -0.3 is 15.0 Å². The molecular weight excluding hydrogens is 292 g/mol. The van der Waals surface area contributed by atoms with Crippen molar-refractivity contribution in [1.82, 2.24) is 4.98 Å². The van der Waals surface area contributed by atoms with E-state index in [2.05, 4.69) is 10.3 Å². The first kappa shape index (κ1) is 14.8. The number of ether oxygens (including phenoxy) is 1. The van der Waals surface area contributed by atoms with Crippen LogP contribution < -0.4 is 15.6 Å². The molecule has 3 aromatic rings. The first-order chi connectivity index (χ1) is 11.1. The van der Waals surface area contributed by atoms with E-state index >= 15 is 0 Å². The Hall–Kier alpha value is -3.08. The molecule has 0 aliphatic heterocycles. The minimum atomic E-state index is -0.220. The third-order valence-electron chi connectivity index (χ3n) is 3.66. The fourth-order valence-corrected chi connectivity index (χ4v) is 2.46. The van der Waals surface area contributed by atoms with Crippen molar-refractivity contribution in [3.8, 4) is 5.75 Å². The van der Waals surface area contributed by atoms with Gasteiger partial charge in [-0.25, -0.2) is 0 Å². The maximum absolute atomic E-state index is 12.3. The summed E-state index contributed by atoms with van der Waals surface area (Å²) in [5.41, 5.74) is 2.59. The number of pyridine rings is 1. The summed E-state index contributed by atoms with van der Waals surface area (Å²) in [6.07, 6.45) is 0. The third-order valence-corrected chi connectivity index (χ3v) is 3.66. The highest BCUT2D eigenvalue weighted by atomic mass is 16.5. The van der Waals surface area contributed by atoms with Gasteiger partial charge in [0.25, 0.3) is 5.91 Å². The molecule has 0 unspecified atom stereocenters. The Balaban J connectivity index is 1.88. The zero-order valence-corrected chi connectivity index (χ0v) is 12.8. The molecule has 23 heavy (non-hydrogen) atoms. The highest BCUT2D eigenvalue weighted by molar-refractivity contribution is 6.05. The van der Waals surface area contributed by atoms with Crippen LogP contribution in [0.15, 0.2) is 53.3 Å². The van der Waals surface area contributed by atoms with Crippen LogP contribution in [-0.4, -0.2) is 18.0 Å². The maximum Gasteiger partial charge on any atom is 0.255 e.